The van der Waals surface area contributed by atoms with Crippen LogP contribution < -0.4 is 0 Å². The zero-order chi connectivity index (χ0) is 23.6. The summed E-state index contributed by atoms with van der Waals surface area (Å²) in [4.78, 5) is 14.7. The van der Waals surface area contributed by atoms with Crippen LogP contribution >= 0.6 is 0 Å². The van der Waals surface area contributed by atoms with Gasteiger partial charge in [0.15, 0.2) is 0 Å². The molecule has 1 atom stereocenters. The monoisotopic (exact) mass is 442 g/mol. The standard InChI is InChI=1S/C25H58N6/c1-25(29(8)9)15-24-31(23-14-18-28(6)7)20-11-10-19-30(21-12-16-26(2)3)22-13-17-27(4)5/h25H,10-24H2,1-9H3. The van der Waals surface area contributed by atoms with Crippen molar-refractivity contribution >= 4 is 0 Å². The van der Waals surface area contributed by atoms with Gasteiger partial charge in [0.1, 0.15) is 0 Å². The Morgan fingerprint density at radius 2 is 0.742 bits per heavy atom. The molecule has 0 aliphatic rings. The molecule has 188 valence electrons. The second kappa shape index (κ2) is 19.2. The molecule has 0 N–H and O–H groups in total. The van der Waals surface area contributed by atoms with Crippen molar-refractivity contribution in [1.29, 1.82) is 0 Å². The number of rotatable bonds is 21. The molecule has 0 saturated heterocycles. The van der Waals surface area contributed by atoms with Crippen molar-refractivity contribution < 1.29 is 0 Å². The summed E-state index contributed by atoms with van der Waals surface area (Å²) >= 11 is 0. The van der Waals surface area contributed by atoms with Crippen LogP contribution in [0.2, 0.25) is 0 Å². The molecule has 1 unspecified atom stereocenters. The highest BCUT2D eigenvalue weighted by Gasteiger charge is 2.11. The minimum atomic E-state index is 0.653. The van der Waals surface area contributed by atoms with Gasteiger partial charge in [-0.15, -0.1) is 0 Å². The molecule has 0 aromatic heterocycles. The molecule has 0 fully saturated rings. The first kappa shape index (κ1) is 30.8. The quantitative estimate of drug-likeness (QED) is 0.253. The van der Waals surface area contributed by atoms with Gasteiger partial charge in [-0.25, -0.2) is 0 Å². The fraction of sp³-hybridized carbons (Fsp3) is 1.00. The smallest absolute Gasteiger partial charge is 0.00730 e. The van der Waals surface area contributed by atoms with E-state index >= 15 is 0 Å². The third-order valence-electron chi connectivity index (χ3n) is 6.18. The Labute approximate surface area is 196 Å². The van der Waals surface area contributed by atoms with Gasteiger partial charge in [0.2, 0.25) is 0 Å². The molecule has 0 rings (SSSR count). The van der Waals surface area contributed by atoms with E-state index in [1.165, 1.54) is 97.4 Å². The van der Waals surface area contributed by atoms with Crippen LogP contribution in [-0.4, -0.2) is 151 Å². The van der Waals surface area contributed by atoms with E-state index in [2.05, 4.69) is 92.7 Å². The van der Waals surface area contributed by atoms with Crippen molar-refractivity contribution in [3.63, 3.8) is 0 Å². The van der Waals surface area contributed by atoms with Crippen molar-refractivity contribution in [3.8, 4) is 0 Å². The van der Waals surface area contributed by atoms with Gasteiger partial charge in [0, 0.05) is 6.04 Å². The lowest BCUT2D eigenvalue weighted by molar-refractivity contribution is 0.202. The van der Waals surface area contributed by atoms with Crippen molar-refractivity contribution in [3.05, 3.63) is 0 Å². The van der Waals surface area contributed by atoms with Crippen molar-refractivity contribution in [2.24, 2.45) is 0 Å². The highest BCUT2D eigenvalue weighted by atomic mass is 15.2. The predicted octanol–water partition coefficient (Wildman–Crippen LogP) is 2.57. The van der Waals surface area contributed by atoms with Crippen LogP contribution in [0.3, 0.4) is 0 Å². The molecular weight excluding hydrogens is 384 g/mol. The van der Waals surface area contributed by atoms with Crippen LogP contribution in [0.25, 0.3) is 0 Å². The lowest BCUT2D eigenvalue weighted by Gasteiger charge is -2.28. The lowest BCUT2D eigenvalue weighted by atomic mass is 10.2. The second-order valence-electron chi connectivity index (χ2n) is 10.5. The summed E-state index contributed by atoms with van der Waals surface area (Å²) in [6.45, 7) is 13.3. The van der Waals surface area contributed by atoms with E-state index in [1.807, 2.05) is 0 Å². The van der Waals surface area contributed by atoms with Crippen LogP contribution in [0.5, 0.6) is 0 Å². The van der Waals surface area contributed by atoms with E-state index in [-0.39, 0.29) is 0 Å². The maximum atomic E-state index is 2.71. The van der Waals surface area contributed by atoms with Crippen molar-refractivity contribution in [1.82, 2.24) is 29.4 Å². The highest BCUT2D eigenvalue weighted by molar-refractivity contribution is 4.67. The lowest BCUT2D eigenvalue weighted by Crippen LogP contribution is -2.35. The minimum absolute atomic E-state index is 0.653. The Bertz CT molecular complexity index is 372. The van der Waals surface area contributed by atoms with Crippen molar-refractivity contribution in [2.75, 3.05) is 115 Å². The molecule has 6 heteroatoms. The molecule has 0 bridgehead atoms. The van der Waals surface area contributed by atoms with Gasteiger partial charge < -0.3 is 29.4 Å². The van der Waals surface area contributed by atoms with Gasteiger partial charge in [-0.1, -0.05) is 0 Å². The number of hydrogen-bond acceptors (Lipinski definition) is 6. The molecular formula is C25H58N6. The molecule has 0 spiro atoms. The van der Waals surface area contributed by atoms with E-state index in [9.17, 15) is 0 Å². The Morgan fingerprint density at radius 1 is 0.419 bits per heavy atom. The molecule has 0 amide bonds. The molecule has 0 aliphatic heterocycles. The van der Waals surface area contributed by atoms with Crippen LogP contribution in [-0.2, 0) is 0 Å². The fourth-order valence-corrected chi connectivity index (χ4v) is 3.80. The Kier molecular flexibility index (Phi) is 19.1. The van der Waals surface area contributed by atoms with E-state index in [0.717, 1.165) is 0 Å². The summed E-state index contributed by atoms with van der Waals surface area (Å²) in [7, 11) is 17.5. The third kappa shape index (κ3) is 20.1. The van der Waals surface area contributed by atoms with Gasteiger partial charge in [0.25, 0.3) is 0 Å². The Morgan fingerprint density at radius 3 is 1.06 bits per heavy atom. The predicted molar refractivity (Wildman–Crippen MR) is 139 cm³/mol. The van der Waals surface area contributed by atoms with E-state index < -0.39 is 0 Å². The number of nitrogens with zero attached hydrogens (tertiary/aromatic N) is 6. The topological polar surface area (TPSA) is 19.4 Å². The largest absolute Gasteiger partial charge is 0.309 e. The van der Waals surface area contributed by atoms with Crippen LogP contribution in [0, 0.1) is 0 Å². The van der Waals surface area contributed by atoms with Gasteiger partial charge in [-0.3, -0.25) is 0 Å². The van der Waals surface area contributed by atoms with E-state index in [4.69, 9.17) is 0 Å². The maximum absolute atomic E-state index is 2.71. The first-order valence-electron chi connectivity index (χ1n) is 12.7. The minimum Gasteiger partial charge on any atom is -0.309 e. The van der Waals surface area contributed by atoms with Crippen LogP contribution in [0.15, 0.2) is 0 Å². The first-order valence-corrected chi connectivity index (χ1v) is 12.7. The molecule has 0 aromatic rings. The molecule has 0 saturated carbocycles. The van der Waals surface area contributed by atoms with Gasteiger partial charge in [-0.05, 0) is 161 Å². The average Bonchev–Trinajstić information content (AvgIpc) is 2.66. The van der Waals surface area contributed by atoms with E-state index in [1.54, 1.807) is 0 Å². The molecule has 0 aromatic carbocycles. The van der Waals surface area contributed by atoms with E-state index in [0.29, 0.717) is 6.04 Å². The zero-order valence-corrected chi connectivity index (χ0v) is 22.9. The third-order valence-corrected chi connectivity index (χ3v) is 6.18. The summed E-state index contributed by atoms with van der Waals surface area (Å²) in [6, 6.07) is 0.653. The van der Waals surface area contributed by atoms with Gasteiger partial charge in [0.05, 0.1) is 0 Å². The summed E-state index contributed by atoms with van der Waals surface area (Å²) < 4.78 is 0. The summed E-state index contributed by atoms with van der Waals surface area (Å²) in [5, 5.41) is 0. The second-order valence-corrected chi connectivity index (χ2v) is 10.5. The average molecular weight is 443 g/mol. The Balaban J connectivity index is 4.41. The molecule has 6 nitrogen and oxygen atoms in total. The summed E-state index contributed by atoms with van der Waals surface area (Å²) in [5.74, 6) is 0. The summed E-state index contributed by atoms with van der Waals surface area (Å²) in [5.41, 5.74) is 0. The van der Waals surface area contributed by atoms with Crippen molar-refractivity contribution in [2.45, 2.75) is 51.5 Å². The number of hydrogen-bond donors (Lipinski definition) is 0. The zero-order valence-electron chi connectivity index (χ0n) is 22.9. The van der Waals surface area contributed by atoms with Gasteiger partial charge >= 0.3 is 0 Å². The Hall–Kier alpha value is -0.240. The highest BCUT2D eigenvalue weighted by Crippen LogP contribution is 2.06. The van der Waals surface area contributed by atoms with Crippen LogP contribution in [0.1, 0.15) is 45.4 Å². The molecule has 31 heavy (non-hydrogen) atoms. The van der Waals surface area contributed by atoms with Gasteiger partial charge in [-0.2, -0.15) is 0 Å². The number of unbranched alkanes of at least 4 members (excludes halogenated alkanes) is 1. The maximum Gasteiger partial charge on any atom is 0.00730 e. The molecule has 0 radical (unpaired) electrons. The van der Waals surface area contributed by atoms with Crippen LogP contribution in [0.4, 0.5) is 0 Å². The SMILES string of the molecule is CC(CCN(CCCCN(CCCN(C)C)CCCN(C)C)CCCN(C)C)N(C)C. The first-order chi connectivity index (χ1) is 14.6. The molecule has 0 heterocycles. The normalized spacial score (nSPS) is 13.6. The fourth-order valence-electron chi connectivity index (χ4n) is 3.80. The molecule has 0 aliphatic carbocycles. The summed E-state index contributed by atoms with van der Waals surface area (Å²) in [6.07, 6.45) is 7.70.